The number of imidazole rings is 1. The van der Waals surface area contributed by atoms with Gasteiger partial charge < -0.3 is 19.7 Å². The highest BCUT2D eigenvalue weighted by Crippen LogP contribution is 2.31. The molecule has 0 radical (unpaired) electrons. The number of hydrogen-bond acceptors (Lipinski definition) is 5. The first-order valence-electron chi connectivity index (χ1n) is 8.69. The van der Waals surface area contributed by atoms with Crippen molar-refractivity contribution < 1.29 is 19.0 Å². The van der Waals surface area contributed by atoms with Gasteiger partial charge in [-0.3, -0.25) is 5.41 Å². The molecule has 1 aliphatic rings. The third-order valence-electron chi connectivity index (χ3n) is 4.47. The van der Waals surface area contributed by atoms with Crippen LogP contribution in [-0.4, -0.2) is 40.0 Å². The van der Waals surface area contributed by atoms with Crippen LogP contribution in [0.4, 0.5) is 10.1 Å². The standard InChI is InChI=1S/C20H17FN4O3/c1-2-28-20(27)11-3-6-13(7-4-11)25-10-16(26)17(18(25)22)19-23-14-8-5-12(21)9-15(14)24-19/h3-9,22,26H,2,10H2,1H3,(H,23,24). The van der Waals surface area contributed by atoms with Crippen LogP contribution in [0.2, 0.25) is 0 Å². The van der Waals surface area contributed by atoms with Crippen LogP contribution in [0.15, 0.2) is 48.2 Å². The molecule has 0 aliphatic carbocycles. The SMILES string of the molecule is CCOC(=O)c1ccc(N2CC(O)=C(c3nc4ccc(F)cc4[nH]3)C2=N)cc1. The van der Waals surface area contributed by atoms with Crippen LogP contribution in [-0.2, 0) is 4.74 Å². The fourth-order valence-electron chi connectivity index (χ4n) is 3.14. The van der Waals surface area contributed by atoms with E-state index < -0.39 is 11.8 Å². The molecule has 0 saturated heterocycles. The molecule has 0 amide bonds. The van der Waals surface area contributed by atoms with E-state index in [1.165, 1.54) is 18.2 Å². The van der Waals surface area contributed by atoms with Gasteiger partial charge in [-0.1, -0.05) is 0 Å². The molecule has 7 nitrogen and oxygen atoms in total. The average molecular weight is 380 g/mol. The number of aliphatic hydroxyl groups excluding tert-OH is 1. The summed E-state index contributed by atoms with van der Waals surface area (Å²) in [4.78, 5) is 20.7. The minimum Gasteiger partial charge on any atom is -0.509 e. The predicted molar refractivity (Wildman–Crippen MR) is 103 cm³/mol. The number of aliphatic hydroxyl groups is 1. The Labute approximate surface area is 159 Å². The van der Waals surface area contributed by atoms with Crippen molar-refractivity contribution in [3.63, 3.8) is 0 Å². The van der Waals surface area contributed by atoms with Gasteiger partial charge >= 0.3 is 5.97 Å². The molecule has 8 heteroatoms. The Balaban J connectivity index is 1.61. The van der Waals surface area contributed by atoms with Crippen molar-refractivity contribution in [1.82, 2.24) is 9.97 Å². The van der Waals surface area contributed by atoms with E-state index in [4.69, 9.17) is 10.1 Å². The minimum atomic E-state index is -0.415. The molecule has 0 unspecified atom stereocenters. The largest absolute Gasteiger partial charge is 0.509 e. The van der Waals surface area contributed by atoms with Gasteiger partial charge in [0.25, 0.3) is 0 Å². The number of esters is 1. The maximum Gasteiger partial charge on any atom is 0.338 e. The molecule has 0 fully saturated rings. The highest BCUT2D eigenvalue weighted by molar-refractivity contribution is 6.30. The number of amidine groups is 1. The number of rotatable bonds is 4. The van der Waals surface area contributed by atoms with Crippen LogP contribution >= 0.6 is 0 Å². The molecule has 4 rings (SSSR count). The summed E-state index contributed by atoms with van der Waals surface area (Å²) in [5.74, 6) is -0.471. The van der Waals surface area contributed by atoms with Gasteiger partial charge in [0.15, 0.2) is 0 Å². The lowest BCUT2D eigenvalue weighted by Crippen LogP contribution is -2.26. The third-order valence-corrected chi connectivity index (χ3v) is 4.47. The number of nitrogens with zero attached hydrogens (tertiary/aromatic N) is 2. The Kier molecular flexibility index (Phi) is 4.31. The van der Waals surface area contributed by atoms with Crippen LogP contribution in [0.3, 0.4) is 0 Å². The number of fused-ring (bicyclic) bond motifs is 1. The molecule has 3 aromatic rings. The molecule has 0 bridgehead atoms. The smallest absolute Gasteiger partial charge is 0.338 e. The van der Waals surface area contributed by atoms with Crippen molar-refractivity contribution in [3.05, 3.63) is 65.4 Å². The summed E-state index contributed by atoms with van der Waals surface area (Å²) >= 11 is 0. The van der Waals surface area contributed by atoms with E-state index in [2.05, 4.69) is 9.97 Å². The number of carbonyl (C=O) groups is 1. The van der Waals surface area contributed by atoms with E-state index in [0.717, 1.165) is 0 Å². The number of aromatic nitrogens is 2. The molecule has 2 aromatic carbocycles. The normalized spacial score (nSPS) is 14.2. The zero-order valence-corrected chi connectivity index (χ0v) is 15.0. The average Bonchev–Trinajstić information content (AvgIpc) is 3.21. The van der Waals surface area contributed by atoms with Crippen molar-refractivity contribution >= 4 is 34.1 Å². The van der Waals surface area contributed by atoms with E-state index in [1.54, 1.807) is 36.1 Å². The van der Waals surface area contributed by atoms with Crippen LogP contribution in [0.5, 0.6) is 0 Å². The van der Waals surface area contributed by atoms with Crippen molar-refractivity contribution in [1.29, 1.82) is 5.41 Å². The number of nitrogens with one attached hydrogen (secondary N) is 2. The van der Waals surface area contributed by atoms with Gasteiger partial charge in [0.1, 0.15) is 23.2 Å². The number of benzene rings is 2. The van der Waals surface area contributed by atoms with Crippen molar-refractivity contribution in [2.75, 3.05) is 18.1 Å². The predicted octanol–water partition coefficient (Wildman–Crippen LogP) is 3.65. The lowest BCUT2D eigenvalue weighted by atomic mass is 10.2. The molecule has 0 atom stereocenters. The van der Waals surface area contributed by atoms with Gasteiger partial charge in [-0.2, -0.15) is 0 Å². The number of ether oxygens (including phenoxy) is 1. The summed E-state index contributed by atoms with van der Waals surface area (Å²) in [7, 11) is 0. The number of carbonyl (C=O) groups excluding carboxylic acids is 1. The van der Waals surface area contributed by atoms with Crippen LogP contribution in [0.25, 0.3) is 16.6 Å². The maximum absolute atomic E-state index is 13.4. The van der Waals surface area contributed by atoms with Gasteiger partial charge in [-0.25, -0.2) is 14.2 Å². The molecular formula is C20H17FN4O3. The Morgan fingerprint density at radius 2 is 2.07 bits per heavy atom. The molecule has 3 N–H and O–H groups in total. The van der Waals surface area contributed by atoms with Gasteiger partial charge in [0.2, 0.25) is 0 Å². The Bertz CT molecular complexity index is 1120. The highest BCUT2D eigenvalue weighted by Gasteiger charge is 2.31. The quantitative estimate of drug-likeness (QED) is 0.600. The van der Waals surface area contributed by atoms with Crippen molar-refractivity contribution in [2.45, 2.75) is 6.92 Å². The van der Waals surface area contributed by atoms with Crippen molar-refractivity contribution in [2.24, 2.45) is 0 Å². The molecule has 28 heavy (non-hydrogen) atoms. The van der Waals surface area contributed by atoms with Crippen LogP contribution in [0.1, 0.15) is 23.1 Å². The van der Waals surface area contributed by atoms with E-state index in [9.17, 15) is 14.3 Å². The number of hydrogen-bond donors (Lipinski definition) is 3. The first-order chi connectivity index (χ1) is 13.5. The minimum absolute atomic E-state index is 0.0148. The summed E-state index contributed by atoms with van der Waals surface area (Å²) in [6.45, 7) is 2.12. The number of halogens is 1. The lowest BCUT2D eigenvalue weighted by molar-refractivity contribution is 0.0526. The van der Waals surface area contributed by atoms with Crippen LogP contribution < -0.4 is 4.90 Å². The van der Waals surface area contributed by atoms with E-state index in [1.807, 2.05) is 0 Å². The molecule has 2 heterocycles. The maximum atomic E-state index is 13.4. The second kappa shape index (κ2) is 6.80. The summed E-state index contributed by atoms with van der Waals surface area (Å²) in [6.07, 6.45) is 0. The summed E-state index contributed by atoms with van der Waals surface area (Å²) in [5, 5.41) is 18.9. The van der Waals surface area contributed by atoms with Gasteiger partial charge in [0.05, 0.1) is 35.3 Å². The monoisotopic (exact) mass is 380 g/mol. The Hall–Kier alpha value is -3.68. The Morgan fingerprint density at radius 1 is 1.32 bits per heavy atom. The molecule has 1 aromatic heterocycles. The van der Waals surface area contributed by atoms with Crippen LogP contribution in [0, 0.1) is 11.2 Å². The topological polar surface area (TPSA) is 102 Å². The summed E-state index contributed by atoms with van der Waals surface area (Å²) in [6, 6.07) is 10.7. The van der Waals surface area contributed by atoms with E-state index >= 15 is 0 Å². The fraction of sp³-hybridized carbons (Fsp3) is 0.150. The summed E-state index contributed by atoms with van der Waals surface area (Å²) < 4.78 is 18.4. The third kappa shape index (κ3) is 2.98. The van der Waals surface area contributed by atoms with E-state index in [0.29, 0.717) is 34.7 Å². The zero-order chi connectivity index (χ0) is 19.8. The Morgan fingerprint density at radius 3 is 2.79 bits per heavy atom. The number of anilines is 1. The van der Waals surface area contributed by atoms with Gasteiger partial charge in [-0.05, 0) is 49.4 Å². The fourth-order valence-corrected chi connectivity index (χ4v) is 3.14. The molecule has 1 aliphatic heterocycles. The first kappa shape index (κ1) is 17.7. The second-order valence-corrected chi connectivity index (χ2v) is 6.27. The molecule has 0 spiro atoms. The first-order valence-corrected chi connectivity index (χ1v) is 8.69. The number of H-pyrrole nitrogens is 1. The molecular weight excluding hydrogens is 363 g/mol. The number of aromatic amines is 1. The van der Waals surface area contributed by atoms with Gasteiger partial charge in [-0.15, -0.1) is 0 Å². The molecule has 0 saturated carbocycles. The van der Waals surface area contributed by atoms with Gasteiger partial charge in [0, 0.05) is 5.69 Å². The zero-order valence-electron chi connectivity index (χ0n) is 15.0. The van der Waals surface area contributed by atoms with E-state index in [-0.39, 0.29) is 23.7 Å². The second-order valence-electron chi connectivity index (χ2n) is 6.27. The lowest BCUT2D eigenvalue weighted by Gasteiger charge is -2.18. The molecule has 142 valence electrons. The summed E-state index contributed by atoms with van der Waals surface area (Å²) in [5.41, 5.74) is 2.34. The van der Waals surface area contributed by atoms with Crippen molar-refractivity contribution in [3.8, 4) is 0 Å². The highest BCUT2D eigenvalue weighted by atomic mass is 19.1.